The first-order valence-electron chi connectivity index (χ1n) is 6.87. The van der Waals surface area contributed by atoms with Crippen molar-refractivity contribution in [3.05, 3.63) is 33.3 Å². The van der Waals surface area contributed by atoms with E-state index in [2.05, 4.69) is 15.9 Å². The number of piperidine rings is 1. The van der Waals surface area contributed by atoms with Gasteiger partial charge in [-0.25, -0.2) is 0 Å². The fourth-order valence-corrected chi connectivity index (χ4v) is 3.34. The van der Waals surface area contributed by atoms with Crippen LogP contribution in [0.25, 0.3) is 0 Å². The maximum absolute atomic E-state index is 12.6. The van der Waals surface area contributed by atoms with Crippen molar-refractivity contribution in [2.24, 2.45) is 5.41 Å². The molecule has 1 aliphatic heterocycles. The Morgan fingerprint density at radius 3 is 2.81 bits per heavy atom. The average molecular weight is 375 g/mol. The fraction of sp³-hybridized carbons (Fsp3) is 0.467. The van der Waals surface area contributed by atoms with E-state index in [1.807, 2.05) is 6.92 Å². The number of nitrogens with zero attached hydrogens (tertiary/aromatic N) is 1. The summed E-state index contributed by atoms with van der Waals surface area (Å²) in [5.41, 5.74) is -0.362. The minimum absolute atomic E-state index is 0.178. The minimum atomic E-state index is -0.834. The predicted octanol–water partition coefficient (Wildman–Crippen LogP) is 3.82. The third-order valence-corrected chi connectivity index (χ3v) is 5.08. The first-order valence-corrected chi connectivity index (χ1v) is 8.04. The summed E-state index contributed by atoms with van der Waals surface area (Å²) >= 11 is 9.30. The largest absolute Gasteiger partial charge is 0.481 e. The van der Waals surface area contributed by atoms with Crippen molar-refractivity contribution in [2.45, 2.75) is 26.2 Å². The number of benzene rings is 1. The molecule has 0 aliphatic carbocycles. The monoisotopic (exact) mass is 373 g/mol. The molecule has 114 valence electrons. The molecule has 1 fully saturated rings. The van der Waals surface area contributed by atoms with Crippen molar-refractivity contribution < 1.29 is 14.7 Å². The van der Waals surface area contributed by atoms with Crippen molar-refractivity contribution in [1.82, 2.24) is 4.90 Å². The van der Waals surface area contributed by atoms with Gasteiger partial charge in [-0.05, 0) is 53.4 Å². The van der Waals surface area contributed by atoms with E-state index in [1.54, 1.807) is 23.1 Å². The number of hydrogen-bond acceptors (Lipinski definition) is 2. The lowest BCUT2D eigenvalue weighted by Gasteiger charge is -2.39. The number of rotatable bonds is 3. The van der Waals surface area contributed by atoms with Gasteiger partial charge in [0.25, 0.3) is 5.91 Å². The van der Waals surface area contributed by atoms with Crippen LogP contribution in [0.3, 0.4) is 0 Å². The van der Waals surface area contributed by atoms with Crippen molar-refractivity contribution in [3.63, 3.8) is 0 Å². The zero-order valence-electron chi connectivity index (χ0n) is 11.7. The summed E-state index contributed by atoms with van der Waals surface area (Å²) in [6.07, 6.45) is 1.83. The molecule has 1 heterocycles. The van der Waals surface area contributed by atoms with Gasteiger partial charge in [0.05, 0.1) is 11.0 Å². The van der Waals surface area contributed by atoms with Gasteiger partial charge < -0.3 is 10.0 Å². The van der Waals surface area contributed by atoms with Gasteiger partial charge in [-0.15, -0.1) is 0 Å². The normalized spacial score (nSPS) is 22.1. The maximum atomic E-state index is 12.6. The number of halogens is 2. The fourth-order valence-electron chi connectivity index (χ4n) is 2.75. The summed E-state index contributed by atoms with van der Waals surface area (Å²) in [4.78, 5) is 25.8. The van der Waals surface area contributed by atoms with E-state index in [9.17, 15) is 14.7 Å². The van der Waals surface area contributed by atoms with Crippen LogP contribution in [0.5, 0.6) is 0 Å². The van der Waals surface area contributed by atoms with Gasteiger partial charge in [-0.1, -0.05) is 18.5 Å². The highest BCUT2D eigenvalue weighted by Gasteiger charge is 2.42. The highest BCUT2D eigenvalue weighted by Crippen LogP contribution is 2.35. The Balaban J connectivity index is 2.27. The standard InChI is InChI=1S/C15H17BrClNO3/c1-2-15(14(20)21)6-3-7-18(9-15)13(19)11-8-10(17)4-5-12(11)16/h4-5,8H,2-3,6-7,9H2,1H3,(H,20,21). The van der Waals surface area contributed by atoms with Crippen LogP contribution in [0.1, 0.15) is 36.5 Å². The SMILES string of the molecule is CCC1(C(=O)O)CCCN(C(=O)c2cc(Cl)ccc2Br)C1. The Labute approximate surface area is 137 Å². The van der Waals surface area contributed by atoms with Crippen molar-refractivity contribution in [3.8, 4) is 0 Å². The lowest BCUT2D eigenvalue weighted by Crippen LogP contribution is -2.49. The topological polar surface area (TPSA) is 57.6 Å². The maximum Gasteiger partial charge on any atom is 0.311 e. The van der Waals surface area contributed by atoms with Crippen LogP contribution < -0.4 is 0 Å². The molecule has 1 saturated heterocycles. The van der Waals surface area contributed by atoms with Gasteiger partial charge in [-0.2, -0.15) is 0 Å². The molecule has 1 unspecified atom stereocenters. The molecule has 6 heteroatoms. The van der Waals surface area contributed by atoms with Gasteiger partial charge in [0, 0.05) is 22.6 Å². The quantitative estimate of drug-likeness (QED) is 0.875. The number of carbonyl (C=O) groups is 2. The van der Waals surface area contributed by atoms with Crippen molar-refractivity contribution in [2.75, 3.05) is 13.1 Å². The lowest BCUT2D eigenvalue weighted by molar-refractivity contribution is -0.152. The van der Waals surface area contributed by atoms with Crippen LogP contribution in [-0.2, 0) is 4.79 Å². The molecule has 0 radical (unpaired) electrons. The molecule has 1 N–H and O–H groups in total. The second-order valence-corrected chi connectivity index (χ2v) is 6.68. The van der Waals surface area contributed by atoms with Crippen LogP contribution in [0.15, 0.2) is 22.7 Å². The van der Waals surface area contributed by atoms with Crippen molar-refractivity contribution in [1.29, 1.82) is 0 Å². The Morgan fingerprint density at radius 2 is 2.19 bits per heavy atom. The number of hydrogen-bond donors (Lipinski definition) is 1. The first kappa shape index (κ1) is 16.3. The summed E-state index contributed by atoms with van der Waals surface area (Å²) in [5, 5.41) is 9.97. The third-order valence-electron chi connectivity index (χ3n) is 4.15. The number of carboxylic acids is 1. The Morgan fingerprint density at radius 1 is 1.48 bits per heavy atom. The summed E-state index contributed by atoms with van der Waals surface area (Å²) < 4.78 is 0.667. The summed E-state index contributed by atoms with van der Waals surface area (Å²) in [6.45, 7) is 2.68. The highest BCUT2D eigenvalue weighted by atomic mass is 79.9. The second kappa shape index (κ2) is 6.36. The molecule has 4 nitrogen and oxygen atoms in total. The van der Waals surface area contributed by atoms with Gasteiger partial charge in [0.1, 0.15) is 0 Å². The van der Waals surface area contributed by atoms with Crippen LogP contribution in [0.4, 0.5) is 0 Å². The van der Waals surface area contributed by atoms with E-state index < -0.39 is 11.4 Å². The van der Waals surface area contributed by atoms with Crippen LogP contribution in [0.2, 0.25) is 5.02 Å². The number of likely N-dealkylation sites (tertiary alicyclic amines) is 1. The van der Waals surface area contributed by atoms with Gasteiger partial charge in [0.15, 0.2) is 0 Å². The molecule has 1 aliphatic rings. The molecular weight excluding hydrogens is 358 g/mol. The predicted molar refractivity (Wildman–Crippen MR) is 84.6 cm³/mol. The van der Waals surface area contributed by atoms with E-state index in [1.165, 1.54) is 0 Å². The number of amides is 1. The molecule has 0 spiro atoms. The van der Waals surface area contributed by atoms with Gasteiger partial charge in [-0.3, -0.25) is 9.59 Å². The van der Waals surface area contributed by atoms with Gasteiger partial charge >= 0.3 is 5.97 Å². The van der Waals surface area contributed by atoms with Gasteiger partial charge in [0.2, 0.25) is 0 Å². The summed E-state index contributed by atoms with van der Waals surface area (Å²) in [5.74, 6) is -1.00. The first-order chi connectivity index (χ1) is 9.89. The number of carboxylic acid groups (broad SMARTS) is 1. The van der Waals surface area contributed by atoms with E-state index in [0.717, 1.165) is 0 Å². The van der Waals surface area contributed by atoms with E-state index in [4.69, 9.17) is 11.6 Å². The number of aliphatic carboxylic acids is 1. The molecule has 0 aromatic heterocycles. The summed E-state index contributed by atoms with van der Waals surface area (Å²) in [6, 6.07) is 5.03. The molecule has 1 amide bonds. The van der Waals surface area contributed by atoms with Crippen LogP contribution in [0, 0.1) is 5.41 Å². The molecule has 0 saturated carbocycles. The molecule has 2 rings (SSSR count). The number of carbonyl (C=O) groups excluding carboxylic acids is 1. The lowest BCUT2D eigenvalue weighted by atomic mass is 9.77. The Kier molecular flexibility index (Phi) is 4.94. The molecular formula is C15H17BrClNO3. The van der Waals surface area contributed by atoms with Crippen LogP contribution in [-0.4, -0.2) is 35.0 Å². The zero-order chi connectivity index (χ0) is 15.6. The van der Waals surface area contributed by atoms with E-state index >= 15 is 0 Å². The highest BCUT2D eigenvalue weighted by molar-refractivity contribution is 9.10. The summed E-state index contributed by atoms with van der Waals surface area (Å²) in [7, 11) is 0. The minimum Gasteiger partial charge on any atom is -0.481 e. The molecule has 0 bridgehead atoms. The van der Waals surface area contributed by atoms with E-state index in [0.29, 0.717) is 40.9 Å². The molecule has 1 atom stereocenters. The molecule has 21 heavy (non-hydrogen) atoms. The van der Waals surface area contributed by atoms with Crippen LogP contribution >= 0.6 is 27.5 Å². The Hall–Kier alpha value is -1.07. The molecule has 1 aromatic rings. The van der Waals surface area contributed by atoms with E-state index in [-0.39, 0.29) is 12.5 Å². The second-order valence-electron chi connectivity index (χ2n) is 5.39. The van der Waals surface area contributed by atoms with Crippen molar-refractivity contribution >= 4 is 39.4 Å². The molecule has 1 aromatic carbocycles. The smallest absolute Gasteiger partial charge is 0.311 e. The third kappa shape index (κ3) is 3.24. The average Bonchev–Trinajstić information content (AvgIpc) is 2.48. The Bertz CT molecular complexity index is 578. The zero-order valence-corrected chi connectivity index (χ0v) is 14.1.